The van der Waals surface area contributed by atoms with Crippen LogP contribution in [0.25, 0.3) is 0 Å². The lowest BCUT2D eigenvalue weighted by Gasteiger charge is -2.09. The molecular weight excluding hydrogens is 156 g/mol. The summed E-state index contributed by atoms with van der Waals surface area (Å²) in [7, 11) is 0. The van der Waals surface area contributed by atoms with Gasteiger partial charge in [0.1, 0.15) is 0 Å². The Kier molecular flexibility index (Phi) is 4.76. The van der Waals surface area contributed by atoms with Crippen LogP contribution in [0.4, 0.5) is 0 Å². The van der Waals surface area contributed by atoms with E-state index in [1.54, 1.807) is 0 Å². The van der Waals surface area contributed by atoms with Crippen LogP contribution in [0.15, 0.2) is 34.9 Å². The molecule has 13 heavy (non-hydrogen) atoms. The average Bonchev–Trinajstić information content (AvgIpc) is 1.97. The Morgan fingerprint density at radius 2 is 1.54 bits per heavy atom. The first-order valence-electron chi connectivity index (χ1n) is 4.87. The van der Waals surface area contributed by atoms with Gasteiger partial charge in [0.25, 0.3) is 0 Å². The molecule has 0 atom stereocenters. The Bertz CT molecular complexity index is 245. The molecule has 0 aromatic rings. The van der Waals surface area contributed by atoms with Gasteiger partial charge in [-0.3, -0.25) is 0 Å². The molecule has 0 heterocycles. The highest BCUT2D eigenvalue weighted by Crippen LogP contribution is 2.19. The molecule has 0 saturated carbocycles. The molecule has 0 N–H and O–H groups in total. The van der Waals surface area contributed by atoms with E-state index in [9.17, 15) is 0 Å². The Labute approximate surface area is 83.0 Å². The zero-order valence-electron chi connectivity index (χ0n) is 9.86. The summed E-state index contributed by atoms with van der Waals surface area (Å²) in [5.41, 5.74) is 5.21. The van der Waals surface area contributed by atoms with Crippen molar-refractivity contribution in [1.29, 1.82) is 0 Å². The van der Waals surface area contributed by atoms with Crippen LogP contribution in [-0.2, 0) is 0 Å². The first-order chi connectivity index (χ1) is 5.86. The van der Waals surface area contributed by atoms with Crippen molar-refractivity contribution >= 4 is 0 Å². The summed E-state index contributed by atoms with van der Waals surface area (Å²) in [6.07, 6.45) is 2.25. The van der Waals surface area contributed by atoms with E-state index in [4.69, 9.17) is 0 Å². The standard InChI is InChI=1S/C13H22/c1-9(2)12(7)8-13(10(3)4)11(5)6/h8-9H,3H2,1-2,4-7H3/b12-8+. The minimum atomic E-state index is 0.619. The van der Waals surface area contributed by atoms with E-state index >= 15 is 0 Å². The molecule has 0 unspecified atom stereocenters. The van der Waals surface area contributed by atoms with E-state index in [0.717, 1.165) is 5.57 Å². The summed E-state index contributed by atoms with van der Waals surface area (Å²) in [5, 5.41) is 0. The molecule has 0 fully saturated rings. The van der Waals surface area contributed by atoms with E-state index < -0.39 is 0 Å². The molecule has 0 spiro atoms. The molecule has 0 aliphatic carbocycles. The van der Waals surface area contributed by atoms with Gasteiger partial charge in [-0.2, -0.15) is 0 Å². The third kappa shape index (κ3) is 4.12. The van der Waals surface area contributed by atoms with Gasteiger partial charge in [-0.15, -0.1) is 0 Å². The van der Waals surface area contributed by atoms with Gasteiger partial charge in [-0.1, -0.05) is 43.2 Å². The number of hydrogen-bond acceptors (Lipinski definition) is 0. The maximum atomic E-state index is 3.99. The van der Waals surface area contributed by atoms with Crippen molar-refractivity contribution in [2.24, 2.45) is 5.92 Å². The van der Waals surface area contributed by atoms with Crippen molar-refractivity contribution in [2.75, 3.05) is 0 Å². The van der Waals surface area contributed by atoms with Crippen molar-refractivity contribution in [2.45, 2.75) is 41.5 Å². The first kappa shape index (κ1) is 12.2. The van der Waals surface area contributed by atoms with Crippen molar-refractivity contribution < 1.29 is 0 Å². The lowest BCUT2D eigenvalue weighted by atomic mass is 9.97. The van der Waals surface area contributed by atoms with Crippen LogP contribution in [0.3, 0.4) is 0 Å². The normalized spacial score (nSPS) is 11.8. The van der Waals surface area contributed by atoms with Gasteiger partial charge in [0.05, 0.1) is 0 Å². The quantitative estimate of drug-likeness (QED) is 0.558. The predicted molar refractivity (Wildman–Crippen MR) is 61.8 cm³/mol. The van der Waals surface area contributed by atoms with Crippen LogP contribution < -0.4 is 0 Å². The molecular formula is C13H22. The van der Waals surface area contributed by atoms with E-state index in [0.29, 0.717) is 5.92 Å². The third-order valence-corrected chi connectivity index (χ3v) is 2.28. The fraction of sp³-hybridized carbons (Fsp3) is 0.538. The first-order valence-corrected chi connectivity index (χ1v) is 4.87. The molecule has 0 aliphatic heterocycles. The predicted octanol–water partition coefficient (Wildman–Crippen LogP) is 4.50. The SMILES string of the molecule is C=C(C)C(/C=C(\C)C(C)C)=C(C)C. The Morgan fingerprint density at radius 3 is 1.77 bits per heavy atom. The molecule has 0 amide bonds. The van der Waals surface area contributed by atoms with Crippen molar-refractivity contribution in [3.05, 3.63) is 34.9 Å². The largest absolute Gasteiger partial charge is 0.0955 e. The minimum Gasteiger partial charge on any atom is -0.0955 e. The van der Waals surface area contributed by atoms with E-state index in [2.05, 4.69) is 54.2 Å². The zero-order chi connectivity index (χ0) is 10.6. The second-order valence-corrected chi connectivity index (χ2v) is 4.24. The molecule has 0 bridgehead atoms. The third-order valence-electron chi connectivity index (χ3n) is 2.28. The molecule has 0 heteroatoms. The molecule has 0 rings (SSSR count). The molecule has 0 aromatic carbocycles. The van der Waals surface area contributed by atoms with Crippen LogP contribution in [0.2, 0.25) is 0 Å². The van der Waals surface area contributed by atoms with Crippen LogP contribution in [0, 0.1) is 5.92 Å². The maximum absolute atomic E-state index is 3.99. The topological polar surface area (TPSA) is 0 Å². The summed E-state index contributed by atoms with van der Waals surface area (Å²) >= 11 is 0. The maximum Gasteiger partial charge on any atom is -0.0247 e. The highest BCUT2D eigenvalue weighted by molar-refractivity contribution is 5.41. The Hall–Kier alpha value is -0.780. The van der Waals surface area contributed by atoms with E-state index in [1.807, 2.05) is 0 Å². The second kappa shape index (κ2) is 5.06. The minimum absolute atomic E-state index is 0.619. The van der Waals surface area contributed by atoms with Crippen molar-refractivity contribution in [3.8, 4) is 0 Å². The lowest BCUT2D eigenvalue weighted by molar-refractivity contribution is 0.768. The number of rotatable bonds is 3. The summed E-state index contributed by atoms with van der Waals surface area (Å²) in [4.78, 5) is 0. The highest BCUT2D eigenvalue weighted by atomic mass is 14.1. The van der Waals surface area contributed by atoms with E-state index in [-0.39, 0.29) is 0 Å². The summed E-state index contributed by atoms with van der Waals surface area (Å²) in [5.74, 6) is 0.619. The molecule has 0 nitrogen and oxygen atoms in total. The van der Waals surface area contributed by atoms with Crippen molar-refractivity contribution in [1.82, 2.24) is 0 Å². The summed E-state index contributed by atoms with van der Waals surface area (Å²) in [6.45, 7) is 16.9. The van der Waals surface area contributed by atoms with Gasteiger partial charge in [0.2, 0.25) is 0 Å². The van der Waals surface area contributed by atoms with Gasteiger partial charge in [0, 0.05) is 0 Å². The Balaban J connectivity index is 4.94. The monoisotopic (exact) mass is 178 g/mol. The fourth-order valence-electron chi connectivity index (χ4n) is 1.09. The van der Waals surface area contributed by atoms with Crippen LogP contribution >= 0.6 is 0 Å². The fourth-order valence-corrected chi connectivity index (χ4v) is 1.09. The zero-order valence-corrected chi connectivity index (χ0v) is 9.86. The lowest BCUT2D eigenvalue weighted by Crippen LogP contribution is -1.92. The van der Waals surface area contributed by atoms with Crippen LogP contribution in [-0.4, -0.2) is 0 Å². The number of hydrogen-bond donors (Lipinski definition) is 0. The highest BCUT2D eigenvalue weighted by Gasteiger charge is 2.00. The summed E-state index contributed by atoms with van der Waals surface area (Å²) in [6, 6.07) is 0. The molecule has 74 valence electrons. The van der Waals surface area contributed by atoms with E-state index in [1.165, 1.54) is 16.7 Å². The van der Waals surface area contributed by atoms with Gasteiger partial charge < -0.3 is 0 Å². The van der Waals surface area contributed by atoms with Gasteiger partial charge in [-0.05, 0) is 39.2 Å². The van der Waals surface area contributed by atoms with Gasteiger partial charge >= 0.3 is 0 Å². The molecule has 0 radical (unpaired) electrons. The Morgan fingerprint density at radius 1 is 1.08 bits per heavy atom. The average molecular weight is 178 g/mol. The number of allylic oxidation sites excluding steroid dienone is 5. The second-order valence-electron chi connectivity index (χ2n) is 4.24. The van der Waals surface area contributed by atoms with Crippen LogP contribution in [0.1, 0.15) is 41.5 Å². The molecule has 0 aliphatic rings. The smallest absolute Gasteiger partial charge is 0.0247 e. The van der Waals surface area contributed by atoms with Gasteiger partial charge in [-0.25, -0.2) is 0 Å². The molecule has 0 saturated heterocycles. The summed E-state index contributed by atoms with van der Waals surface area (Å²) < 4.78 is 0. The van der Waals surface area contributed by atoms with Crippen LogP contribution in [0.5, 0.6) is 0 Å². The van der Waals surface area contributed by atoms with Gasteiger partial charge in [0.15, 0.2) is 0 Å². The molecule has 0 aromatic heterocycles. The van der Waals surface area contributed by atoms with Crippen molar-refractivity contribution in [3.63, 3.8) is 0 Å².